The van der Waals surface area contributed by atoms with Gasteiger partial charge in [-0.05, 0) is 37.8 Å². The van der Waals surface area contributed by atoms with Crippen molar-refractivity contribution in [2.24, 2.45) is 5.92 Å². The highest BCUT2D eigenvalue weighted by molar-refractivity contribution is 7.88. The summed E-state index contributed by atoms with van der Waals surface area (Å²) in [6.45, 7) is 0.810. The largest absolute Gasteiger partial charge is 0.324 e. The topological polar surface area (TPSA) is 79.4 Å². The summed E-state index contributed by atoms with van der Waals surface area (Å²) in [6, 6.07) is 10.1. The van der Waals surface area contributed by atoms with Gasteiger partial charge in [-0.1, -0.05) is 37.5 Å². The molecule has 2 heterocycles. The molecule has 1 aliphatic carbocycles. The van der Waals surface area contributed by atoms with Crippen LogP contribution < -0.4 is 5.32 Å². The standard InChI is InChI=1S/C22H29N3O3S/c1-29(27,28)25-13-11-17(12-14-25)22(26)24-20-15-18-9-5-6-10-19(18)23-21(20)16-7-3-2-4-8-16/h5-6,9-10,15-17H,2-4,7-8,11-14H2,1H3,(H,24,26). The Balaban J connectivity index is 1.55. The van der Waals surface area contributed by atoms with Crippen molar-refractivity contribution in [3.63, 3.8) is 0 Å². The summed E-state index contributed by atoms with van der Waals surface area (Å²) in [5.41, 5.74) is 2.80. The summed E-state index contributed by atoms with van der Waals surface area (Å²) in [5, 5.41) is 4.18. The Hall–Kier alpha value is -1.99. The number of piperidine rings is 1. The second-order valence-electron chi connectivity index (χ2n) is 8.37. The van der Waals surface area contributed by atoms with Crippen LogP contribution in [0.4, 0.5) is 5.69 Å². The SMILES string of the molecule is CS(=O)(=O)N1CCC(C(=O)Nc2cc3ccccc3nc2C2CCCCC2)CC1. The van der Waals surface area contributed by atoms with Crippen molar-refractivity contribution in [2.75, 3.05) is 24.7 Å². The molecule has 0 bridgehead atoms. The molecule has 1 aromatic heterocycles. The summed E-state index contributed by atoms with van der Waals surface area (Å²) in [4.78, 5) is 17.9. The van der Waals surface area contributed by atoms with E-state index in [1.165, 1.54) is 29.8 Å². The maximum absolute atomic E-state index is 13.0. The normalized spacial score (nSPS) is 20.0. The number of nitrogens with one attached hydrogen (secondary N) is 1. The number of fused-ring (bicyclic) bond motifs is 1. The van der Waals surface area contributed by atoms with Crippen LogP contribution in [0.25, 0.3) is 10.9 Å². The van der Waals surface area contributed by atoms with Gasteiger partial charge in [0.25, 0.3) is 0 Å². The van der Waals surface area contributed by atoms with E-state index in [9.17, 15) is 13.2 Å². The van der Waals surface area contributed by atoms with Crippen LogP contribution in [-0.4, -0.2) is 43.0 Å². The molecule has 2 aromatic rings. The second kappa shape index (κ2) is 8.40. The molecule has 2 fully saturated rings. The predicted molar refractivity (Wildman–Crippen MR) is 115 cm³/mol. The Morgan fingerprint density at radius 1 is 1.07 bits per heavy atom. The van der Waals surface area contributed by atoms with Crippen molar-refractivity contribution < 1.29 is 13.2 Å². The molecular weight excluding hydrogens is 386 g/mol. The Bertz CT molecular complexity index is 992. The number of nitrogens with zero attached hydrogens (tertiary/aromatic N) is 2. The van der Waals surface area contributed by atoms with E-state index in [0.717, 1.165) is 35.1 Å². The first-order valence-electron chi connectivity index (χ1n) is 10.6. The van der Waals surface area contributed by atoms with Crippen molar-refractivity contribution in [1.29, 1.82) is 0 Å². The Morgan fingerprint density at radius 3 is 2.45 bits per heavy atom. The lowest BCUT2D eigenvalue weighted by atomic mass is 9.85. The van der Waals surface area contributed by atoms with Crippen molar-refractivity contribution in [1.82, 2.24) is 9.29 Å². The number of benzene rings is 1. The van der Waals surface area contributed by atoms with Crippen LogP contribution in [0.2, 0.25) is 0 Å². The molecule has 1 amide bonds. The number of hydrogen-bond acceptors (Lipinski definition) is 4. The molecule has 4 rings (SSSR count). The number of carbonyl (C=O) groups excluding carboxylic acids is 1. The lowest BCUT2D eigenvalue weighted by molar-refractivity contribution is -0.120. The number of aromatic nitrogens is 1. The fourth-order valence-electron chi connectivity index (χ4n) is 4.60. The highest BCUT2D eigenvalue weighted by Crippen LogP contribution is 2.37. The molecule has 1 saturated carbocycles. The van der Waals surface area contributed by atoms with Crippen molar-refractivity contribution in [3.8, 4) is 0 Å². The van der Waals surface area contributed by atoms with E-state index >= 15 is 0 Å². The van der Waals surface area contributed by atoms with Gasteiger partial charge in [-0.3, -0.25) is 9.78 Å². The fourth-order valence-corrected chi connectivity index (χ4v) is 5.48. The number of hydrogen-bond donors (Lipinski definition) is 1. The first kappa shape index (κ1) is 20.3. The van der Waals surface area contributed by atoms with Gasteiger partial charge in [-0.15, -0.1) is 0 Å². The van der Waals surface area contributed by atoms with E-state index in [1.807, 2.05) is 24.3 Å². The zero-order valence-corrected chi connectivity index (χ0v) is 17.7. The Labute approximate surface area is 172 Å². The van der Waals surface area contributed by atoms with Crippen LogP contribution in [0.5, 0.6) is 0 Å². The first-order chi connectivity index (χ1) is 13.9. The third kappa shape index (κ3) is 4.61. The van der Waals surface area contributed by atoms with Gasteiger partial charge in [-0.2, -0.15) is 0 Å². The molecular formula is C22H29N3O3S. The quantitative estimate of drug-likeness (QED) is 0.822. The van der Waals surface area contributed by atoms with Crippen LogP contribution in [0.1, 0.15) is 56.6 Å². The molecule has 0 spiro atoms. The van der Waals surface area contributed by atoms with Crippen LogP contribution in [0.15, 0.2) is 30.3 Å². The molecule has 2 aliphatic rings. The van der Waals surface area contributed by atoms with Gasteiger partial charge in [0.2, 0.25) is 15.9 Å². The molecule has 1 saturated heterocycles. The molecule has 1 aromatic carbocycles. The predicted octanol–water partition coefficient (Wildman–Crippen LogP) is 3.89. The van der Waals surface area contributed by atoms with Crippen molar-refractivity contribution >= 4 is 32.5 Å². The smallest absolute Gasteiger partial charge is 0.227 e. The lowest BCUT2D eigenvalue weighted by Gasteiger charge is -2.30. The summed E-state index contributed by atoms with van der Waals surface area (Å²) in [6.07, 6.45) is 8.24. The third-order valence-corrected chi connectivity index (χ3v) is 7.60. The zero-order chi connectivity index (χ0) is 20.4. The first-order valence-corrected chi connectivity index (χ1v) is 12.4. The van der Waals surface area contributed by atoms with E-state index in [1.54, 1.807) is 0 Å². The molecule has 29 heavy (non-hydrogen) atoms. The van der Waals surface area contributed by atoms with Crippen molar-refractivity contribution in [3.05, 3.63) is 36.0 Å². The molecule has 1 aliphatic heterocycles. The third-order valence-electron chi connectivity index (χ3n) is 6.30. The van der Waals surface area contributed by atoms with Gasteiger partial charge in [0, 0.05) is 30.3 Å². The molecule has 0 radical (unpaired) electrons. The molecule has 6 nitrogen and oxygen atoms in total. The minimum atomic E-state index is -3.19. The van der Waals surface area contributed by atoms with Crippen LogP contribution >= 0.6 is 0 Å². The number of anilines is 1. The van der Waals surface area contributed by atoms with Crippen molar-refractivity contribution in [2.45, 2.75) is 50.9 Å². The molecule has 0 unspecified atom stereocenters. The number of sulfonamides is 1. The molecule has 7 heteroatoms. The molecule has 156 valence electrons. The maximum atomic E-state index is 13.0. The summed E-state index contributed by atoms with van der Waals surface area (Å²) in [5.74, 6) is 0.196. The van der Waals surface area contributed by atoms with Gasteiger partial charge in [0.1, 0.15) is 0 Å². The monoisotopic (exact) mass is 415 g/mol. The van der Waals surface area contributed by atoms with Crippen LogP contribution in [-0.2, 0) is 14.8 Å². The Morgan fingerprint density at radius 2 is 1.76 bits per heavy atom. The van der Waals surface area contributed by atoms with Gasteiger partial charge in [-0.25, -0.2) is 12.7 Å². The van der Waals surface area contributed by atoms with E-state index < -0.39 is 10.0 Å². The van der Waals surface area contributed by atoms with Gasteiger partial charge >= 0.3 is 0 Å². The highest BCUT2D eigenvalue weighted by Gasteiger charge is 2.30. The zero-order valence-electron chi connectivity index (χ0n) is 16.9. The Kier molecular flexibility index (Phi) is 5.88. The molecule has 1 N–H and O–H groups in total. The van der Waals surface area contributed by atoms with Gasteiger partial charge in [0.05, 0.1) is 23.2 Å². The number of para-hydroxylation sites is 1. The number of pyridine rings is 1. The fraction of sp³-hybridized carbons (Fsp3) is 0.545. The van der Waals surface area contributed by atoms with Crippen LogP contribution in [0.3, 0.4) is 0 Å². The van der Waals surface area contributed by atoms with E-state index in [0.29, 0.717) is 31.8 Å². The van der Waals surface area contributed by atoms with E-state index in [-0.39, 0.29) is 11.8 Å². The average Bonchev–Trinajstić information content (AvgIpc) is 2.73. The minimum Gasteiger partial charge on any atom is -0.324 e. The number of amides is 1. The lowest BCUT2D eigenvalue weighted by Crippen LogP contribution is -2.41. The maximum Gasteiger partial charge on any atom is 0.227 e. The summed E-state index contributed by atoms with van der Waals surface area (Å²) < 4.78 is 24.9. The van der Waals surface area contributed by atoms with Gasteiger partial charge in [0.15, 0.2) is 0 Å². The second-order valence-corrected chi connectivity index (χ2v) is 10.4. The minimum absolute atomic E-state index is 0.0210. The van der Waals surface area contributed by atoms with Crippen LogP contribution in [0, 0.1) is 5.92 Å². The summed E-state index contributed by atoms with van der Waals surface area (Å²) in [7, 11) is -3.19. The molecule has 0 atom stereocenters. The highest BCUT2D eigenvalue weighted by atomic mass is 32.2. The average molecular weight is 416 g/mol. The summed E-state index contributed by atoms with van der Waals surface area (Å²) >= 11 is 0. The number of rotatable bonds is 4. The number of carbonyl (C=O) groups is 1. The van der Waals surface area contributed by atoms with Gasteiger partial charge < -0.3 is 5.32 Å². The van der Waals surface area contributed by atoms with E-state index in [2.05, 4.69) is 11.4 Å². The van der Waals surface area contributed by atoms with E-state index in [4.69, 9.17) is 4.98 Å².